The van der Waals surface area contributed by atoms with Crippen molar-refractivity contribution in [3.05, 3.63) is 70.6 Å². The van der Waals surface area contributed by atoms with Gasteiger partial charge in [0.1, 0.15) is 11.6 Å². The molecule has 122 valence electrons. The zero-order valence-corrected chi connectivity index (χ0v) is 14.0. The van der Waals surface area contributed by atoms with Gasteiger partial charge >= 0.3 is 0 Å². The highest BCUT2D eigenvalue weighted by atomic mass is 35.5. The van der Waals surface area contributed by atoms with Gasteiger partial charge in [-0.25, -0.2) is 9.37 Å². The lowest BCUT2D eigenvalue weighted by atomic mass is 10.2. The monoisotopic (exact) mass is 342 g/mol. The van der Waals surface area contributed by atoms with E-state index in [-0.39, 0.29) is 5.82 Å². The number of anilines is 4. The van der Waals surface area contributed by atoms with E-state index in [0.717, 1.165) is 16.9 Å². The van der Waals surface area contributed by atoms with Gasteiger partial charge in [0.15, 0.2) is 0 Å². The minimum absolute atomic E-state index is 0.336. The van der Waals surface area contributed by atoms with Gasteiger partial charge in [-0.1, -0.05) is 23.7 Å². The van der Waals surface area contributed by atoms with Crippen molar-refractivity contribution in [2.75, 3.05) is 10.6 Å². The molecule has 0 unspecified atom stereocenters. The number of rotatable bonds is 4. The van der Waals surface area contributed by atoms with Crippen molar-refractivity contribution in [1.29, 1.82) is 0 Å². The molecule has 0 aliphatic heterocycles. The summed E-state index contributed by atoms with van der Waals surface area (Å²) in [6, 6.07) is 13.7. The Morgan fingerprint density at radius 3 is 2.46 bits per heavy atom. The standard InChI is InChI=1S/C18H16ClFN4/c1-11-9-13(19)7-8-15(11)23-18-21-12(2)10-17(24-18)22-16-6-4-3-5-14(16)20/h3-10H,1-2H3,(H2,21,22,23,24). The highest BCUT2D eigenvalue weighted by molar-refractivity contribution is 6.30. The second-order valence-electron chi connectivity index (χ2n) is 5.41. The van der Waals surface area contributed by atoms with Crippen molar-refractivity contribution in [1.82, 2.24) is 9.97 Å². The van der Waals surface area contributed by atoms with Crippen LogP contribution in [0, 0.1) is 19.7 Å². The number of aromatic nitrogens is 2. The van der Waals surface area contributed by atoms with E-state index in [4.69, 9.17) is 11.6 Å². The van der Waals surface area contributed by atoms with Crippen LogP contribution in [0.4, 0.5) is 27.5 Å². The van der Waals surface area contributed by atoms with Gasteiger partial charge in [0.2, 0.25) is 5.95 Å². The number of para-hydroxylation sites is 1. The molecule has 4 nitrogen and oxygen atoms in total. The van der Waals surface area contributed by atoms with Gasteiger partial charge in [0.05, 0.1) is 5.69 Å². The van der Waals surface area contributed by atoms with Crippen molar-refractivity contribution in [3.63, 3.8) is 0 Å². The van der Waals surface area contributed by atoms with E-state index in [2.05, 4.69) is 20.6 Å². The van der Waals surface area contributed by atoms with Crippen LogP contribution in [0.3, 0.4) is 0 Å². The predicted octanol–water partition coefficient (Wildman–Crippen LogP) is 5.37. The summed E-state index contributed by atoms with van der Waals surface area (Å²) in [5, 5.41) is 6.81. The van der Waals surface area contributed by atoms with Gasteiger partial charge in [0, 0.05) is 22.5 Å². The van der Waals surface area contributed by atoms with Crippen LogP contribution in [0.2, 0.25) is 5.02 Å². The highest BCUT2D eigenvalue weighted by Crippen LogP contribution is 2.24. The van der Waals surface area contributed by atoms with Crippen LogP contribution in [-0.4, -0.2) is 9.97 Å². The summed E-state index contributed by atoms with van der Waals surface area (Å²) in [4.78, 5) is 8.76. The summed E-state index contributed by atoms with van der Waals surface area (Å²) < 4.78 is 13.8. The molecular weight excluding hydrogens is 327 g/mol. The Morgan fingerprint density at radius 1 is 0.917 bits per heavy atom. The van der Waals surface area contributed by atoms with Crippen LogP contribution in [0.1, 0.15) is 11.3 Å². The summed E-state index contributed by atoms with van der Waals surface area (Å²) in [5.41, 5.74) is 2.97. The molecule has 0 amide bonds. The topological polar surface area (TPSA) is 49.8 Å². The SMILES string of the molecule is Cc1cc(Nc2ccccc2F)nc(Nc2ccc(Cl)cc2C)n1. The Balaban J connectivity index is 1.87. The second kappa shape index (κ2) is 6.84. The largest absolute Gasteiger partial charge is 0.338 e. The first-order chi connectivity index (χ1) is 11.5. The zero-order valence-electron chi connectivity index (χ0n) is 13.3. The van der Waals surface area contributed by atoms with Crippen LogP contribution in [0.25, 0.3) is 0 Å². The molecule has 0 saturated heterocycles. The van der Waals surface area contributed by atoms with Gasteiger partial charge in [-0.15, -0.1) is 0 Å². The molecule has 2 N–H and O–H groups in total. The van der Waals surface area contributed by atoms with Crippen molar-refractivity contribution in [2.45, 2.75) is 13.8 Å². The second-order valence-corrected chi connectivity index (χ2v) is 5.84. The van der Waals surface area contributed by atoms with E-state index in [1.54, 1.807) is 30.3 Å². The number of nitrogens with zero attached hydrogens (tertiary/aromatic N) is 2. The molecule has 3 rings (SSSR count). The van der Waals surface area contributed by atoms with Crippen LogP contribution < -0.4 is 10.6 Å². The first kappa shape index (κ1) is 16.2. The Bertz CT molecular complexity index is 883. The minimum Gasteiger partial charge on any atom is -0.338 e. The summed E-state index contributed by atoms with van der Waals surface area (Å²) in [5.74, 6) is 0.609. The Labute approximate surface area is 144 Å². The molecule has 24 heavy (non-hydrogen) atoms. The molecule has 1 heterocycles. The number of halogens is 2. The van der Waals surface area contributed by atoms with Crippen LogP contribution >= 0.6 is 11.6 Å². The van der Waals surface area contributed by atoms with Crippen molar-refractivity contribution < 1.29 is 4.39 Å². The number of nitrogens with one attached hydrogen (secondary N) is 2. The molecule has 0 atom stereocenters. The Hall–Kier alpha value is -2.66. The van der Waals surface area contributed by atoms with Gasteiger partial charge in [-0.3, -0.25) is 0 Å². The van der Waals surface area contributed by atoms with Crippen LogP contribution in [0.15, 0.2) is 48.5 Å². The molecule has 0 fully saturated rings. The molecule has 3 aromatic rings. The minimum atomic E-state index is -0.336. The molecule has 6 heteroatoms. The summed E-state index contributed by atoms with van der Waals surface area (Å²) >= 11 is 5.97. The first-order valence-corrected chi connectivity index (χ1v) is 7.79. The quantitative estimate of drug-likeness (QED) is 0.669. The molecule has 0 radical (unpaired) electrons. The molecule has 0 bridgehead atoms. The zero-order chi connectivity index (χ0) is 17.1. The maximum atomic E-state index is 13.8. The predicted molar refractivity (Wildman–Crippen MR) is 95.9 cm³/mol. The van der Waals surface area contributed by atoms with Gasteiger partial charge in [-0.2, -0.15) is 4.98 Å². The van der Waals surface area contributed by atoms with E-state index >= 15 is 0 Å². The van der Waals surface area contributed by atoms with Crippen LogP contribution in [-0.2, 0) is 0 Å². The lowest BCUT2D eigenvalue weighted by Crippen LogP contribution is -2.03. The number of aryl methyl sites for hydroxylation is 2. The molecule has 0 spiro atoms. The lowest BCUT2D eigenvalue weighted by molar-refractivity contribution is 0.632. The van der Waals surface area contributed by atoms with E-state index in [0.29, 0.717) is 22.5 Å². The fraction of sp³-hybridized carbons (Fsp3) is 0.111. The molecule has 0 saturated carbocycles. The van der Waals surface area contributed by atoms with Crippen molar-refractivity contribution >= 4 is 34.7 Å². The van der Waals surface area contributed by atoms with Gasteiger partial charge in [0.25, 0.3) is 0 Å². The summed E-state index contributed by atoms with van der Waals surface area (Å²) in [6.07, 6.45) is 0. The smallest absolute Gasteiger partial charge is 0.229 e. The number of hydrogen-bond acceptors (Lipinski definition) is 4. The molecule has 2 aromatic carbocycles. The van der Waals surface area contributed by atoms with Crippen molar-refractivity contribution in [2.24, 2.45) is 0 Å². The Morgan fingerprint density at radius 2 is 1.71 bits per heavy atom. The third-order valence-corrected chi connectivity index (χ3v) is 3.66. The first-order valence-electron chi connectivity index (χ1n) is 7.42. The van der Waals surface area contributed by atoms with E-state index in [9.17, 15) is 4.39 Å². The van der Waals surface area contributed by atoms with E-state index in [1.807, 2.05) is 26.0 Å². The van der Waals surface area contributed by atoms with Gasteiger partial charge < -0.3 is 10.6 Å². The highest BCUT2D eigenvalue weighted by Gasteiger charge is 2.07. The molecule has 0 aliphatic carbocycles. The number of hydrogen-bond donors (Lipinski definition) is 2. The molecule has 0 aliphatic rings. The summed E-state index contributed by atoms with van der Waals surface area (Å²) in [7, 11) is 0. The fourth-order valence-electron chi connectivity index (χ4n) is 2.28. The van der Waals surface area contributed by atoms with E-state index < -0.39 is 0 Å². The third-order valence-electron chi connectivity index (χ3n) is 3.43. The van der Waals surface area contributed by atoms with Crippen LogP contribution in [0.5, 0.6) is 0 Å². The lowest BCUT2D eigenvalue weighted by Gasteiger charge is -2.12. The maximum Gasteiger partial charge on any atom is 0.229 e. The Kier molecular flexibility index (Phi) is 4.62. The molecular formula is C18H16ClFN4. The average Bonchev–Trinajstić information content (AvgIpc) is 2.52. The number of benzene rings is 2. The summed E-state index contributed by atoms with van der Waals surface area (Å²) in [6.45, 7) is 3.80. The average molecular weight is 343 g/mol. The maximum absolute atomic E-state index is 13.8. The van der Waals surface area contributed by atoms with Crippen molar-refractivity contribution in [3.8, 4) is 0 Å². The van der Waals surface area contributed by atoms with E-state index in [1.165, 1.54) is 6.07 Å². The van der Waals surface area contributed by atoms with Gasteiger partial charge in [-0.05, 0) is 49.7 Å². The molecule has 1 aromatic heterocycles. The normalized spacial score (nSPS) is 10.5. The third kappa shape index (κ3) is 3.81. The fourth-order valence-corrected chi connectivity index (χ4v) is 2.50.